The summed E-state index contributed by atoms with van der Waals surface area (Å²) in [6.07, 6.45) is 4.20. The van der Waals surface area contributed by atoms with Gasteiger partial charge < -0.3 is 18.9 Å². The summed E-state index contributed by atoms with van der Waals surface area (Å²) in [4.78, 5) is 22.1. The lowest BCUT2D eigenvalue weighted by Gasteiger charge is -2.30. The number of halogens is 1. The maximum atomic E-state index is 12.9. The van der Waals surface area contributed by atoms with Crippen LogP contribution in [0, 0.1) is 5.82 Å². The first kappa shape index (κ1) is 19.0. The maximum absolute atomic E-state index is 12.9. The van der Waals surface area contributed by atoms with Crippen molar-refractivity contribution in [2.45, 2.75) is 25.6 Å². The van der Waals surface area contributed by atoms with E-state index in [0.717, 1.165) is 5.56 Å². The number of benzene rings is 1. The first-order valence-corrected chi connectivity index (χ1v) is 9.24. The number of ether oxygens (including phenoxy) is 2. The average molecular weight is 398 g/mol. The molecule has 1 aromatic carbocycles. The zero-order valence-electron chi connectivity index (χ0n) is 15.5. The van der Waals surface area contributed by atoms with E-state index in [1.165, 1.54) is 24.3 Å². The van der Waals surface area contributed by atoms with Crippen LogP contribution in [0.25, 0.3) is 11.4 Å². The molecule has 1 amide bonds. The fourth-order valence-corrected chi connectivity index (χ4v) is 2.99. The number of likely N-dealkylation sites (tertiary alicyclic amines) is 1. The van der Waals surface area contributed by atoms with Gasteiger partial charge in [0.25, 0.3) is 5.89 Å². The van der Waals surface area contributed by atoms with Gasteiger partial charge in [0.05, 0.1) is 6.10 Å². The van der Waals surface area contributed by atoms with E-state index in [1.807, 2.05) is 0 Å². The standard InChI is InChI=1S/C20H19FN4O4/c21-15-1-3-17(4-2-15)28-20(26)25-11-7-16(8-12-25)27-13-18-23-19(24-29-18)14-5-9-22-10-6-14/h1-6,9-10,16H,7-8,11-13H2. The Kier molecular flexibility index (Phi) is 5.76. The molecule has 4 rings (SSSR count). The highest BCUT2D eigenvalue weighted by molar-refractivity contribution is 5.70. The van der Waals surface area contributed by atoms with Gasteiger partial charge in [0, 0.05) is 31.0 Å². The van der Waals surface area contributed by atoms with Crippen LogP contribution >= 0.6 is 0 Å². The van der Waals surface area contributed by atoms with Crippen molar-refractivity contribution in [2.24, 2.45) is 0 Å². The number of hydrogen-bond donors (Lipinski definition) is 0. The van der Waals surface area contributed by atoms with Crippen molar-refractivity contribution in [3.8, 4) is 17.1 Å². The van der Waals surface area contributed by atoms with Crippen molar-refractivity contribution < 1.29 is 23.2 Å². The smallest absolute Gasteiger partial charge is 0.410 e. The van der Waals surface area contributed by atoms with E-state index < -0.39 is 6.09 Å². The van der Waals surface area contributed by atoms with E-state index in [2.05, 4.69) is 15.1 Å². The summed E-state index contributed by atoms with van der Waals surface area (Å²) in [7, 11) is 0. The second kappa shape index (κ2) is 8.78. The monoisotopic (exact) mass is 398 g/mol. The number of amides is 1. The Bertz CT molecular complexity index is 941. The van der Waals surface area contributed by atoms with E-state index in [4.69, 9.17) is 14.0 Å². The molecule has 0 atom stereocenters. The van der Waals surface area contributed by atoms with E-state index in [9.17, 15) is 9.18 Å². The fourth-order valence-electron chi connectivity index (χ4n) is 2.99. The topological polar surface area (TPSA) is 90.6 Å². The zero-order valence-corrected chi connectivity index (χ0v) is 15.5. The number of aromatic nitrogens is 3. The van der Waals surface area contributed by atoms with Gasteiger partial charge in [-0.25, -0.2) is 9.18 Å². The molecule has 0 bridgehead atoms. The normalized spacial score (nSPS) is 14.7. The van der Waals surface area contributed by atoms with Crippen LogP contribution < -0.4 is 4.74 Å². The first-order valence-electron chi connectivity index (χ1n) is 9.24. The summed E-state index contributed by atoms with van der Waals surface area (Å²) in [5.41, 5.74) is 0.822. The van der Waals surface area contributed by atoms with Crippen molar-refractivity contribution in [1.29, 1.82) is 0 Å². The highest BCUT2D eigenvalue weighted by atomic mass is 19.1. The summed E-state index contributed by atoms with van der Waals surface area (Å²) >= 11 is 0. The highest BCUT2D eigenvalue weighted by Gasteiger charge is 2.25. The molecule has 0 aliphatic carbocycles. The van der Waals surface area contributed by atoms with Crippen molar-refractivity contribution >= 4 is 6.09 Å². The maximum Gasteiger partial charge on any atom is 0.415 e. The third-order valence-electron chi connectivity index (χ3n) is 4.57. The molecule has 3 aromatic rings. The molecule has 1 aliphatic rings. The number of pyridine rings is 1. The van der Waals surface area contributed by atoms with Crippen LogP contribution in [0.5, 0.6) is 5.75 Å². The van der Waals surface area contributed by atoms with Gasteiger partial charge in [0.2, 0.25) is 5.82 Å². The van der Waals surface area contributed by atoms with Gasteiger partial charge in [0.1, 0.15) is 18.2 Å². The Morgan fingerprint density at radius 2 is 1.86 bits per heavy atom. The molecular weight excluding hydrogens is 379 g/mol. The Labute approximate surface area is 166 Å². The molecule has 1 fully saturated rings. The first-order chi connectivity index (χ1) is 14.2. The minimum absolute atomic E-state index is 0.0128. The van der Waals surface area contributed by atoms with E-state index in [-0.39, 0.29) is 18.5 Å². The van der Waals surface area contributed by atoms with Gasteiger partial charge in [-0.15, -0.1) is 0 Å². The summed E-state index contributed by atoms with van der Waals surface area (Å²) in [5, 5.41) is 3.94. The molecule has 1 aliphatic heterocycles. The lowest BCUT2D eigenvalue weighted by Crippen LogP contribution is -2.42. The number of hydrogen-bond acceptors (Lipinski definition) is 7. The molecule has 3 heterocycles. The summed E-state index contributed by atoms with van der Waals surface area (Å²) < 4.78 is 29.3. The number of rotatable bonds is 5. The molecule has 9 heteroatoms. The predicted octanol–water partition coefficient (Wildman–Crippen LogP) is 3.45. The number of nitrogens with zero attached hydrogens (tertiary/aromatic N) is 4. The van der Waals surface area contributed by atoms with Crippen molar-refractivity contribution in [3.63, 3.8) is 0 Å². The third kappa shape index (κ3) is 4.94. The van der Waals surface area contributed by atoms with Gasteiger partial charge in [-0.1, -0.05) is 5.16 Å². The van der Waals surface area contributed by atoms with Gasteiger partial charge in [-0.2, -0.15) is 4.98 Å². The van der Waals surface area contributed by atoms with Gasteiger partial charge in [0.15, 0.2) is 0 Å². The van der Waals surface area contributed by atoms with E-state index >= 15 is 0 Å². The van der Waals surface area contributed by atoms with Crippen LogP contribution in [0.3, 0.4) is 0 Å². The summed E-state index contributed by atoms with van der Waals surface area (Å²) in [5.74, 6) is 0.826. The van der Waals surface area contributed by atoms with Crippen LogP contribution in [0.15, 0.2) is 53.3 Å². The molecular formula is C20H19FN4O4. The van der Waals surface area contributed by atoms with Crippen LogP contribution in [-0.4, -0.2) is 45.3 Å². The van der Waals surface area contributed by atoms with Crippen molar-refractivity contribution in [3.05, 3.63) is 60.5 Å². The SMILES string of the molecule is O=C(Oc1ccc(F)cc1)N1CCC(OCc2nc(-c3ccncc3)no2)CC1. The molecule has 0 saturated carbocycles. The zero-order chi connectivity index (χ0) is 20.1. The largest absolute Gasteiger partial charge is 0.415 e. The lowest BCUT2D eigenvalue weighted by molar-refractivity contribution is -0.00891. The Hall–Kier alpha value is -3.33. The van der Waals surface area contributed by atoms with Crippen molar-refractivity contribution in [2.75, 3.05) is 13.1 Å². The second-order valence-corrected chi connectivity index (χ2v) is 6.57. The van der Waals surface area contributed by atoms with Crippen molar-refractivity contribution in [1.82, 2.24) is 20.0 Å². The van der Waals surface area contributed by atoms with Crippen LogP contribution in [0.2, 0.25) is 0 Å². The average Bonchev–Trinajstić information content (AvgIpc) is 3.24. The molecule has 1 saturated heterocycles. The van der Waals surface area contributed by atoms with Crippen LogP contribution in [0.1, 0.15) is 18.7 Å². The minimum Gasteiger partial charge on any atom is -0.410 e. The lowest BCUT2D eigenvalue weighted by atomic mass is 10.1. The molecule has 0 unspecified atom stereocenters. The molecule has 150 valence electrons. The molecule has 0 spiro atoms. The predicted molar refractivity (Wildman–Crippen MR) is 99.3 cm³/mol. The molecule has 29 heavy (non-hydrogen) atoms. The quantitative estimate of drug-likeness (QED) is 0.650. The van der Waals surface area contributed by atoms with Crippen LogP contribution in [-0.2, 0) is 11.3 Å². The highest BCUT2D eigenvalue weighted by Crippen LogP contribution is 2.19. The second-order valence-electron chi connectivity index (χ2n) is 6.57. The molecule has 0 N–H and O–H groups in total. The fraction of sp³-hybridized carbons (Fsp3) is 0.300. The van der Waals surface area contributed by atoms with E-state index in [1.54, 1.807) is 29.4 Å². The molecule has 8 nitrogen and oxygen atoms in total. The Morgan fingerprint density at radius 3 is 2.59 bits per heavy atom. The Morgan fingerprint density at radius 1 is 1.14 bits per heavy atom. The van der Waals surface area contributed by atoms with Gasteiger partial charge in [-0.05, 0) is 49.2 Å². The summed E-state index contributed by atoms with van der Waals surface area (Å²) in [6, 6.07) is 8.95. The third-order valence-corrected chi connectivity index (χ3v) is 4.57. The molecule has 0 radical (unpaired) electrons. The number of piperidine rings is 1. The number of carbonyl (C=O) groups is 1. The Balaban J connectivity index is 1.22. The summed E-state index contributed by atoms with van der Waals surface area (Å²) in [6.45, 7) is 1.23. The minimum atomic E-state index is -0.450. The van der Waals surface area contributed by atoms with E-state index in [0.29, 0.717) is 43.4 Å². The number of carbonyl (C=O) groups excluding carboxylic acids is 1. The van der Waals surface area contributed by atoms with Gasteiger partial charge in [-0.3, -0.25) is 4.98 Å². The van der Waals surface area contributed by atoms with Gasteiger partial charge >= 0.3 is 6.09 Å². The van der Waals surface area contributed by atoms with Crippen LogP contribution in [0.4, 0.5) is 9.18 Å². The molecule has 2 aromatic heterocycles.